The molecule has 3 aromatic rings. The fraction of sp³-hybridized carbons (Fsp3) is 0.200. The van der Waals surface area contributed by atoms with E-state index in [4.69, 9.17) is 0 Å². The minimum absolute atomic E-state index is 0.531. The van der Waals surface area contributed by atoms with Crippen LogP contribution >= 0.6 is 11.3 Å². The number of aromatic nitrogens is 2. The molecule has 1 aromatic carbocycles. The smallest absolute Gasteiger partial charge is 0.0957 e. The number of benzene rings is 1. The molecular formula is C15H14N2OS. The molecular weight excluding hydrogens is 256 g/mol. The summed E-state index contributed by atoms with van der Waals surface area (Å²) in [4.78, 5) is 8.51. The third kappa shape index (κ3) is 2.50. The standard InChI is InChI=1S/C15H14N2OS/c1-10-9-19-15(17-10)7-14(18)13-4-2-3-11-8-16-6-5-12(11)13/h2-6,8-9,14,18H,7H2,1H3. The maximum absolute atomic E-state index is 10.4. The molecule has 0 saturated carbocycles. The Bertz CT molecular complexity index is 703. The van der Waals surface area contributed by atoms with Crippen LogP contribution in [0.15, 0.2) is 42.0 Å². The summed E-state index contributed by atoms with van der Waals surface area (Å²) in [6, 6.07) is 7.87. The van der Waals surface area contributed by atoms with Gasteiger partial charge in [-0.2, -0.15) is 0 Å². The largest absolute Gasteiger partial charge is 0.388 e. The predicted octanol–water partition coefficient (Wildman–Crippen LogP) is 3.28. The topological polar surface area (TPSA) is 46.0 Å². The van der Waals surface area contributed by atoms with Gasteiger partial charge in [-0.15, -0.1) is 11.3 Å². The second-order valence-electron chi connectivity index (χ2n) is 4.55. The first-order valence-corrected chi connectivity index (χ1v) is 7.04. The predicted molar refractivity (Wildman–Crippen MR) is 77.3 cm³/mol. The van der Waals surface area contributed by atoms with Gasteiger partial charge >= 0.3 is 0 Å². The SMILES string of the molecule is Cc1csc(CC(O)c2cccc3cnccc23)n1. The number of aliphatic hydroxyl groups is 1. The summed E-state index contributed by atoms with van der Waals surface area (Å²) in [6.45, 7) is 1.97. The van der Waals surface area contributed by atoms with Gasteiger partial charge in [0.15, 0.2) is 0 Å². The van der Waals surface area contributed by atoms with Crippen molar-refractivity contribution < 1.29 is 5.11 Å². The van der Waals surface area contributed by atoms with Gasteiger partial charge in [0.25, 0.3) is 0 Å². The van der Waals surface area contributed by atoms with Gasteiger partial charge in [-0.05, 0) is 23.9 Å². The maximum atomic E-state index is 10.4. The molecule has 0 aliphatic heterocycles. The number of nitrogens with zero attached hydrogens (tertiary/aromatic N) is 2. The van der Waals surface area contributed by atoms with Gasteiger partial charge in [-0.3, -0.25) is 4.98 Å². The van der Waals surface area contributed by atoms with Gasteiger partial charge in [0.1, 0.15) is 0 Å². The number of hydrogen-bond acceptors (Lipinski definition) is 4. The van der Waals surface area contributed by atoms with E-state index in [-0.39, 0.29) is 0 Å². The van der Waals surface area contributed by atoms with Crippen LogP contribution in [0.25, 0.3) is 10.8 Å². The van der Waals surface area contributed by atoms with Crippen molar-refractivity contribution in [1.29, 1.82) is 0 Å². The van der Waals surface area contributed by atoms with Crippen LogP contribution in [0.3, 0.4) is 0 Å². The van der Waals surface area contributed by atoms with Gasteiger partial charge in [-0.25, -0.2) is 4.98 Å². The number of pyridine rings is 1. The molecule has 0 spiro atoms. The highest BCUT2D eigenvalue weighted by Crippen LogP contribution is 2.26. The number of aryl methyl sites for hydroxylation is 1. The van der Waals surface area contributed by atoms with Crippen molar-refractivity contribution in [2.75, 3.05) is 0 Å². The summed E-state index contributed by atoms with van der Waals surface area (Å²) in [5.41, 5.74) is 1.95. The molecule has 0 aliphatic rings. The Hall–Kier alpha value is -1.78. The van der Waals surface area contributed by atoms with Crippen molar-refractivity contribution in [2.45, 2.75) is 19.4 Å². The zero-order valence-electron chi connectivity index (χ0n) is 10.6. The second kappa shape index (κ2) is 5.07. The second-order valence-corrected chi connectivity index (χ2v) is 5.49. The Balaban J connectivity index is 1.95. The summed E-state index contributed by atoms with van der Waals surface area (Å²) in [5.74, 6) is 0. The van der Waals surface area contributed by atoms with Crippen molar-refractivity contribution >= 4 is 22.1 Å². The molecule has 0 bridgehead atoms. The number of fused-ring (bicyclic) bond motifs is 1. The number of aliphatic hydroxyl groups excluding tert-OH is 1. The summed E-state index contributed by atoms with van der Waals surface area (Å²) in [5, 5.41) is 15.5. The molecule has 19 heavy (non-hydrogen) atoms. The Morgan fingerprint density at radius 2 is 2.21 bits per heavy atom. The lowest BCUT2D eigenvalue weighted by atomic mass is 10.0. The molecule has 0 amide bonds. The van der Waals surface area contributed by atoms with E-state index in [0.29, 0.717) is 6.42 Å². The fourth-order valence-corrected chi connectivity index (χ4v) is 3.02. The molecule has 3 nitrogen and oxygen atoms in total. The van der Waals surface area contributed by atoms with Gasteiger partial charge < -0.3 is 5.11 Å². The Labute approximate surface area is 115 Å². The lowest BCUT2D eigenvalue weighted by Gasteiger charge is -2.12. The molecule has 1 N–H and O–H groups in total. The molecule has 1 unspecified atom stereocenters. The highest BCUT2D eigenvalue weighted by atomic mass is 32.1. The lowest BCUT2D eigenvalue weighted by molar-refractivity contribution is 0.180. The average molecular weight is 270 g/mol. The van der Waals surface area contributed by atoms with Crippen LogP contribution in [0.2, 0.25) is 0 Å². The molecule has 0 saturated heterocycles. The van der Waals surface area contributed by atoms with E-state index >= 15 is 0 Å². The van der Waals surface area contributed by atoms with Gasteiger partial charge in [0.05, 0.1) is 11.1 Å². The third-order valence-electron chi connectivity index (χ3n) is 3.11. The van der Waals surface area contributed by atoms with E-state index in [1.54, 1.807) is 17.5 Å². The minimum atomic E-state index is -0.531. The monoisotopic (exact) mass is 270 g/mol. The van der Waals surface area contributed by atoms with Gasteiger partial charge in [-0.1, -0.05) is 18.2 Å². The Morgan fingerprint density at radius 1 is 1.32 bits per heavy atom. The van der Waals surface area contributed by atoms with E-state index in [0.717, 1.165) is 27.0 Å². The molecule has 0 aliphatic carbocycles. The zero-order chi connectivity index (χ0) is 13.2. The van der Waals surface area contributed by atoms with Crippen LogP contribution in [0.1, 0.15) is 22.4 Å². The van der Waals surface area contributed by atoms with E-state index in [1.807, 2.05) is 42.8 Å². The summed E-state index contributed by atoms with van der Waals surface area (Å²) in [7, 11) is 0. The molecule has 1 atom stereocenters. The molecule has 4 heteroatoms. The number of hydrogen-bond donors (Lipinski definition) is 1. The van der Waals surface area contributed by atoms with Gasteiger partial charge in [0.2, 0.25) is 0 Å². The molecule has 0 fully saturated rings. The quantitative estimate of drug-likeness (QED) is 0.794. The average Bonchev–Trinajstić information content (AvgIpc) is 2.83. The van der Waals surface area contributed by atoms with Crippen LogP contribution < -0.4 is 0 Å². The first-order valence-electron chi connectivity index (χ1n) is 6.16. The van der Waals surface area contributed by atoms with Crippen molar-refractivity contribution in [1.82, 2.24) is 9.97 Å². The Kier molecular flexibility index (Phi) is 3.27. The lowest BCUT2D eigenvalue weighted by Crippen LogP contribution is -2.02. The maximum Gasteiger partial charge on any atom is 0.0957 e. The summed E-state index contributed by atoms with van der Waals surface area (Å²) in [6.07, 6.45) is 3.60. The third-order valence-corrected chi connectivity index (χ3v) is 4.10. The minimum Gasteiger partial charge on any atom is -0.388 e. The number of thiazole rings is 1. The van der Waals surface area contributed by atoms with Crippen molar-refractivity contribution in [3.05, 3.63) is 58.3 Å². The summed E-state index contributed by atoms with van der Waals surface area (Å²) < 4.78 is 0. The highest BCUT2D eigenvalue weighted by molar-refractivity contribution is 7.09. The first kappa shape index (κ1) is 12.3. The molecule has 2 aromatic heterocycles. The highest BCUT2D eigenvalue weighted by Gasteiger charge is 2.13. The normalized spacial score (nSPS) is 12.7. The van der Waals surface area contributed by atoms with Crippen LogP contribution in [-0.2, 0) is 6.42 Å². The van der Waals surface area contributed by atoms with Crippen LogP contribution in [0, 0.1) is 6.92 Å². The Morgan fingerprint density at radius 3 is 3.00 bits per heavy atom. The van der Waals surface area contributed by atoms with Crippen LogP contribution in [0.4, 0.5) is 0 Å². The van der Waals surface area contributed by atoms with Crippen LogP contribution in [-0.4, -0.2) is 15.1 Å². The van der Waals surface area contributed by atoms with Crippen molar-refractivity contribution in [3.63, 3.8) is 0 Å². The van der Waals surface area contributed by atoms with Gasteiger partial charge in [0, 0.05) is 35.3 Å². The molecule has 96 valence electrons. The molecule has 0 radical (unpaired) electrons. The molecule has 2 heterocycles. The first-order chi connectivity index (χ1) is 9.24. The van der Waals surface area contributed by atoms with E-state index in [9.17, 15) is 5.11 Å². The zero-order valence-corrected chi connectivity index (χ0v) is 11.4. The van der Waals surface area contributed by atoms with Crippen molar-refractivity contribution in [3.8, 4) is 0 Å². The van der Waals surface area contributed by atoms with Crippen LogP contribution in [0.5, 0.6) is 0 Å². The summed E-state index contributed by atoms with van der Waals surface area (Å²) >= 11 is 1.59. The van der Waals surface area contributed by atoms with E-state index in [1.165, 1.54) is 0 Å². The van der Waals surface area contributed by atoms with E-state index < -0.39 is 6.10 Å². The fourth-order valence-electron chi connectivity index (χ4n) is 2.21. The number of rotatable bonds is 3. The van der Waals surface area contributed by atoms with E-state index in [2.05, 4.69) is 9.97 Å². The van der Waals surface area contributed by atoms with Crippen molar-refractivity contribution in [2.24, 2.45) is 0 Å². The molecule has 3 rings (SSSR count).